The van der Waals surface area contributed by atoms with Crippen LogP contribution >= 0.6 is 11.6 Å². The number of nitrogens with zero attached hydrogens (tertiary/aromatic N) is 3. The Labute approximate surface area is 204 Å². The Kier molecular flexibility index (Phi) is 7.57. The first kappa shape index (κ1) is 23.9. The number of rotatable bonds is 6. The van der Waals surface area contributed by atoms with Gasteiger partial charge in [0.1, 0.15) is 5.75 Å². The summed E-state index contributed by atoms with van der Waals surface area (Å²) in [7, 11) is 0. The average molecular weight is 486 g/mol. The molecule has 2 aromatic rings. The van der Waals surface area contributed by atoms with Crippen LogP contribution in [0.3, 0.4) is 0 Å². The van der Waals surface area contributed by atoms with Crippen molar-refractivity contribution in [3.05, 3.63) is 64.2 Å². The first-order chi connectivity index (χ1) is 16.5. The van der Waals surface area contributed by atoms with E-state index >= 15 is 0 Å². The van der Waals surface area contributed by atoms with E-state index in [1.54, 1.807) is 34.9 Å². The zero-order valence-corrected chi connectivity index (χ0v) is 19.9. The molecule has 0 aromatic heterocycles. The molecule has 2 aliphatic rings. The van der Waals surface area contributed by atoms with Crippen LogP contribution in [0.5, 0.6) is 5.75 Å². The van der Waals surface area contributed by atoms with Gasteiger partial charge < -0.3 is 24.2 Å². The monoisotopic (exact) mass is 485 g/mol. The highest BCUT2D eigenvalue weighted by atomic mass is 35.5. The Hall–Kier alpha value is -3.26. The fraction of sp³-hybridized carbons (Fsp3) is 0.400. The van der Waals surface area contributed by atoms with Crippen LogP contribution < -0.4 is 4.74 Å². The SMILES string of the molecule is CCOC(=O)N1CCN(C(=O)COc2cccc3c2CCN(Cc2ccc(Cl)cc2)C3=O)CC1. The number of piperazine rings is 1. The third-order valence-electron chi connectivity index (χ3n) is 6.08. The zero-order valence-electron chi connectivity index (χ0n) is 19.2. The van der Waals surface area contributed by atoms with Gasteiger partial charge in [0.2, 0.25) is 0 Å². The summed E-state index contributed by atoms with van der Waals surface area (Å²) in [4.78, 5) is 42.7. The third-order valence-corrected chi connectivity index (χ3v) is 6.33. The molecule has 1 fully saturated rings. The second-order valence-electron chi connectivity index (χ2n) is 8.24. The fourth-order valence-corrected chi connectivity index (χ4v) is 4.35. The summed E-state index contributed by atoms with van der Waals surface area (Å²) in [5.74, 6) is 0.367. The highest BCUT2D eigenvalue weighted by Crippen LogP contribution is 2.29. The van der Waals surface area contributed by atoms with Crippen LogP contribution in [0.2, 0.25) is 5.02 Å². The van der Waals surface area contributed by atoms with Gasteiger partial charge in [-0.15, -0.1) is 0 Å². The van der Waals surface area contributed by atoms with Crippen molar-refractivity contribution in [2.24, 2.45) is 0 Å². The summed E-state index contributed by atoms with van der Waals surface area (Å²) in [5, 5.41) is 0.663. The zero-order chi connectivity index (χ0) is 24.1. The lowest BCUT2D eigenvalue weighted by Crippen LogP contribution is -2.51. The van der Waals surface area contributed by atoms with Gasteiger partial charge in [0, 0.05) is 55.4 Å². The second kappa shape index (κ2) is 10.8. The van der Waals surface area contributed by atoms with E-state index in [2.05, 4.69) is 0 Å². The molecule has 2 aliphatic heterocycles. The van der Waals surface area contributed by atoms with Crippen LogP contribution in [0.4, 0.5) is 4.79 Å². The number of benzene rings is 2. The third kappa shape index (κ3) is 5.44. The van der Waals surface area contributed by atoms with E-state index in [9.17, 15) is 14.4 Å². The highest BCUT2D eigenvalue weighted by molar-refractivity contribution is 6.30. The number of fused-ring (bicyclic) bond motifs is 1. The van der Waals surface area contributed by atoms with Crippen molar-refractivity contribution in [1.82, 2.24) is 14.7 Å². The Balaban J connectivity index is 1.34. The summed E-state index contributed by atoms with van der Waals surface area (Å²) < 4.78 is 10.9. The molecule has 8 nitrogen and oxygen atoms in total. The molecule has 3 amide bonds. The van der Waals surface area contributed by atoms with Gasteiger partial charge in [0.05, 0.1) is 6.61 Å². The Bertz CT molecular complexity index is 1050. The maximum absolute atomic E-state index is 13.1. The molecule has 0 N–H and O–H groups in total. The standard InChI is InChI=1S/C25H28ClN3O5/c1-2-33-25(32)28-14-12-27(13-15-28)23(30)17-34-22-5-3-4-21-20(22)10-11-29(24(21)31)16-18-6-8-19(26)9-7-18/h3-9H,2,10-17H2,1H3. The summed E-state index contributed by atoms with van der Waals surface area (Å²) in [6.45, 7) is 4.80. The van der Waals surface area contributed by atoms with Gasteiger partial charge in [-0.1, -0.05) is 29.8 Å². The van der Waals surface area contributed by atoms with Gasteiger partial charge in [0.15, 0.2) is 6.61 Å². The molecule has 0 unspecified atom stereocenters. The van der Waals surface area contributed by atoms with Crippen molar-refractivity contribution in [2.45, 2.75) is 19.9 Å². The van der Waals surface area contributed by atoms with Crippen LogP contribution in [-0.2, 0) is 22.5 Å². The number of hydrogen-bond acceptors (Lipinski definition) is 5. The van der Waals surface area contributed by atoms with Crippen LogP contribution in [-0.4, -0.2) is 78.5 Å². The molecule has 0 saturated carbocycles. The lowest BCUT2D eigenvalue weighted by Gasteiger charge is -2.34. The molecule has 0 atom stereocenters. The molecular formula is C25H28ClN3O5. The summed E-state index contributed by atoms with van der Waals surface area (Å²) in [5.41, 5.74) is 2.45. The van der Waals surface area contributed by atoms with Gasteiger partial charge in [-0.05, 0) is 43.2 Å². The minimum absolute atomic E-state index is 0.0527. The fourth-order valence-electron chi connectivity index (χ4n) is 4.22. The first-order valence-electron chi connectivity index (χ1n) is 11.4. The van der Waals surface area contributed by atoms with Crippen LogP contribution in [0, 0.1) is 0 Å². The summed E-state index contributed by atoms with van der Waals surface area (Å²) in [6, 6.07) is 12.9. The van der Waals surface area contributed by atoms with Gasteiger partial charge in [-0.25, -0.2) is 4.79 Å². The lowest BCUT2D eigenvalue weighted by molar-refractivity contribution is -0.135. The summed E-state index contributed by atoms with van der Waals surface area (Å²) >= 11 is 5.96. The molecule has 0 bridgehead atoms. The van der Waals surface area contributed by atoms with Crippen molar-refractivity contribution in [1.29, 1.82) is 0 Å². The van der Waals surface area contributed by atoms with Crippen molar-refractivity contribution < 1.29 is 23.9 Å². The molecular weight excluding hydrogens is 458 g/mol. The summed E-state index contributed by atoms with van der Waals surface area (Å²) in [6.07, 6.45) is 0.300. The van der Waals surface area contributed by atoms with Gasteiger partial charge in [-0.2, -0.15) is 0 Å². The quantitative estimate of drug-likeness (QED) is 0.627. The molecule has 1 saturated heterocycles. The van der Waals surface area contributed by atoms with E-state index in [-0.39, 0.29) is 24.5 Å². The minimum Gasteiger partial charge on any atom is -0.483 e. The lowest BCUT2D eigenvalue weighted by atomic mass is 9.97. The molecule has 34 heavy (non-hydrogen) atoms. The van der Waals surface area contributed by atoms with Crippen molar-refractivity contribution in [3.8, 4) is 5.75 Å². The molecule has 4 rings (SSSR count). The molecule has 0 spiro atoms. The second-order valence-corrected chi connectivity index (χ2v) is 8.68. The van der Waals surface area contributed by atoms with E-state index in [0.717, 1.165) is 11.1 Å². The minimum atomic E-state index is -0.350. The van der Waals surface area contributed by atoms with Gasteiger partial charge in [0.25, 0.3) is 11.8 Å². The number of halogens is 1. The van der Waals surface area contributed by atoms with E-state index in [1.165, 1.54) is 0 Å². The molecule has 9 heteroatoms. The molecule has 2 heterocycles. The van der Waals surface area contributed by atoms with Gasteiger partial charge in [-0.3, -0.25) is 9.59 Å². The predicted octanol–water partition coefficient (Wildman–Crippen LogP) is 3.22. The normalized spacial score (nSPS) is 15.7. The Morgan fingerprint density at radius 3 is 2.38 bits per heavy atom. The number of carbonyl (C=O) groups excluding carboxylic acids is 3. The first-order valence-corrected chi connectivity index (χ1v) is 11.8. The number of ether oxygens (including phenoxy) is 2. The van der Waals surface area contributed by atoms with Gasteiger partial charge >= 0.3 is 6.09 Å². The predicted molar refractivity (Wildman–Crippen MR) is 127 cm³/mol. The molecule has 0 radical (unpaired) electrons. The average Bonchev–Trinajstić information content (AvgIpc) is 2.86. The number of hydrogen-bond donors (Lipinski definition) is 0. The molecule has 180 valence electrons. The largest absolute Gasteiger partial charge is 0.483 e. The van der Waals surface area contributed by atoms with E-state index in [1.807, 2.05) is 29.2 Å². The molecule has 0 aliphatic carbocycles. The maximum atomic E-state index is 13.1. The van der Waals surface area contributed by atoms with E-state index in [0.29, 0.717) is 68.6 Å². The Morgan fingerprint density at radius 2 is 1.68 bits per heavy atom. The van der Waals surface area contributed by atoms with E-state index in [4.69, 9.17) is 21.1 Å². The van der Waals surface area contributed by atoms with E-state index < -0.39 is 0 Å². The Morgan fingerprint density at radius 1 is 0.971 bits per heavy atom. The number of amides is 3. The van der Waals surface area contributed by atoms with Crippen LogP contribution in [0.15, 0.2) is 42.5 Å². The van der Waals surface area contributed by atoms with Crippen LogP contribution in [0.25, 0.3) is 0 Å². The van der Waals surface area contributed by atoms with Crippen molar-refractivity contribution in [3.63, 3.8) is 0 Å². The maximum Gasteiger partial charge on any atom is 0.409 e. The van der Waals surface area contributed by atoms with Crippen molar-refractivity contribution in [2.75, 3.05) is 45.9 Å². The highest BCUT2D eigenvalue weighted by Gasteiger charge is 2.28. The topological polar surface area (TPSA) is 79.4 Å². The van der Waals surface area contributed by atoms with Crippen molar-refractivity contribution >= 4 is 29.5 Å². The molecule has 2 aromatic carbocycles. The van der Waals surface area contributed by atoms with Crippen LogP contribution in [0.1, 0.15) is 28.4 Å². The number of carbonyl (C=O) groups is 3. The smallest absolute Gasteiger partial charge is 0.409 e.